The van der Waals surface area contributed by atoms with Crippen LogP contribution in [-0.2, 0) is 6.18 Å². The Kier molecular flexibility index (Phi) is 7.92. The van der Waals surface area contributed by atoms with Crippen LogP contribution in [0.15, 0.2) is 48.7 Å². The molecule has 13 heteroatoms. The van der Waals surface area contributed by atoms with Crippen molar-refractivity contribution >= 4 is 40.8 Å². The van der Waals surface area contributed by atoms with Gasteiger partial charge in [0.05, 0.1) is 36.7 Å². The van der Waals surface area contributed by atoms with Crippen LogP contribution in [0.3, 0.4) is 0 Å². The van der Waals surface area contributed by atoms with Crippen LogP contribution >= 0.6 is 23.2 Å². The van der Waals surface area contributed by atoms with Gasteiger partial charge in [0.1, 0.15) is 27.8 Å². The van der Waals surface area contributed by atoms with Gasteiger partial charge in [-0.05, 0) is 36.4 Å². The Morgan fingerprint density at radius 2 is 1.60 bits per heavy atom. The number of benzene rings is 2. The quantitative estimate of drug-likeness (QED) is 0.395. The maximum absolute atomic E-state index is 13.0. The molecule has 0 bridgehead atoms. The van der Waals surface area contributed by atoms with Crippen molar-refractivity contribution in [2.75, 3.05) is 19.5 Å². The normalized spacial score (nSPS) is 10.9. The highest BCUT2D eigenvalue weighted by atomic mass is 35.5. The molecule has 0 saturated carbocycles. The molecule has 1 heterocycles. The number of ether oxygens (including phenoxy) is 3. The molecule has 0 aliphatic rings. The second kappa shape index (κ2) is 10.7. The van der Waals surface area contributed by atoms with Crippen LogP contribution in [0.4, 0.5) is 23.7 Å². The molecule has 35 heavy (non-hydrogen) atoms. The number of carbonyl (C=O) groups is 2. The summed E-state index contributed by atoms with van der Waals surface area (Å²) in [6.07, 6.45) is -3.48. The second-order valence-electron chi connectivity index (χ2n) is 6.70. The van der Waals surface area contributed by atoms with Crippen molar-refractivity contribution < 1.29 is 37.0 Å². The van der Waals surface area contributed by atoms with E-state index in [-0.39, 0.29) is 44.4 Å². The lowest BCUT2D eigenvalue weighted by Crippen LogP contribution is -2.34. The van der Waals surface area contributed by atoms with Crippen molar-refractivity contribution in [1.29, 1.82) is 0 Å². The molecule has 0 aliphatic heterocycles. The maximum Gasteiger partial charge on any atom is 0.416 e. The number of methoxy groups -OCH3 is 2. The molecule has 0 radical (unpaired) electrons. The van der Waals surface area contributed by atoms with Crippen LogP contribution < -0.4 is 24.8 Å². The third-order valence-corrected chi connectivity index (χ3v) is 5.00. The Balaban J connectivity index is 1.72. The lowest BCUT2D eigenvalue weighted by Gasteiger charge is -2.14. The number of nitrogens with one attached hydrogen (secondary N) is 2. The lowest BCUT2D eigenvalue weighted by molar-refractivity contribution is -0.137. The van der Waals surface area contributed by atoms with E-state index in [0.29, 0.717) is 6.07 Å². The van der Waals surface area contributed by atoms with Gasteiger partial charge >= 0.3 is 12.2 Å². The van der Waals surface area contributed by atoms with E-state index < -0.39 is 23.7 Å². The van der Waals surface area contributed by atoms with Crippen molar-refractivity contribution in [3.8, 4) is 23.1 Å². The summed E-state index contributed by atoms with van der Waals surface area (Å²) in [6, 6.07) is 7.49. The summed E-state index contributed by atoms with van der Waals surface area (Å²) in [6.45, 7) is 0. The average molecular weight is 530 g/mol. The first-order valence-corrected chi connectivity index (χ1v) is 10.3. The summed E-state index contributed by atoms with van der Waals surface area (Å²) in [5.74, 6) is -0.988. The van der Waals surface area contributed by atoms with Crippen molar-refractivity contribution in [1.82, 2.24) is 10.3 Å². The number of anilines is 1. The molecule has 0 spiro atoms. The lowest BCUT2D eigenvalue weighted by atomic mass is 10.1. The zero-order valence-corrected chi connectivity index (χ0v) is 19.5. The van der Waals surface area contributed by atoms with Gasteiger partial charge in [-0.25, -0.2) is 9.78 Å². The number of pyridine rings is 1. The fourth-order valence-corrected chi connectivity index (χ4v) is 3.19. The summed E-state index contributed by atoms with van der Waals surface area (Å²) < 4.78 is 54.4. The summed E-state index contributed by atoms with van der Waals surface area (Å²) in [7, 11) is 2.71. The molecule has 0 fully saturated rings. The van der Waals surface area contributed by atoms with Gasteiger partial charge in [-0.1, -0.05) is 29.3 Å². The molecule has 8 nitrogen and oxygen atoms in total. The SMILES string of the molecule is COc1cccc(OC)c1C(=O)NC(=O)Nc1cnc(Oc2cc(C(F)(F)F)ccc2Cl)c(Cl)c1. The van der Waals surface area contributed by atoms with Crippen LogP contribution in [0, 0.1) is 0 Å². The molecule has 0 aliphatic carbocycles. The Hall–Kier alpha value is -3.70. The molecular weight excluding hydrogens is 514 g/mol. The molecule has 2 aromatic carbocycles. The third-order valence-electron chi connectivity index (χ3n) is 4.41. The first-order chi connectivity index (χ1) is 16.5. The number of amides is 3. The molecule has 3 aromatic rings. The standard InChI is InChI=1S/C22H16Cl2F3N3O5/c1-33-15-4-3-5-16(34-2)18(15)19(31)30-21(32)29-12-9-14(24)20(28-10-12)35-17-8-11(22(25,26)27)6-7-13(17)23/h3-10H,1-2H3,(H2,29,30,31,32). The minimum absolute atomic E-state index is 0.00511. The summed E-state index contributed by atoms with van der Waals surface area (Å²) in [4.78, 5) is 28.8. The van der Waals surface area contributed by atoms with Gasteiger partial charge in [0.15, 0.2) is 0 Å². The minimum Gasteiger partial charge on any atom is -0.496 e. The maximum atomic E-state index is 13.0. The smallest absolute Gasteiger partial charge is 0.416 e. The van der Waals surface area contributed by atoms with Crippen LogP contribution in [-0.4, -0.2) is 31.1 Å². The van der Waals surface area contributed by atoms with E-state index in [0.717, 1.165) is 18.3 Å². The predicted molar refractivity (Wildman–Crippen MR) is 122 cm³/mol. The Labute approximate surface area is 206 Å². The summed E-state index contributed by atoms with van der Waals surface area (Å²) in [5, 5.41) is 4.24. The molecule has 3 amide bonds. The van der Waals surface area contributed by atoms with E-state index in [1.54, 1.807) is 6.07 Å². The number of rotatable bonds is 6. The number of nitrogens with zero attached hydrogens (tertiary/aromatic N) is 1. The van der Waals surface area contributed by atoms with E-state index in [4.69, 9.17) is 37.4 Å². The monoisotopic (exact) mass is 529 g/mol. The number of aromatic nitrogens is 1. The molecule has 0 saturated heterocycles. The van der Waals surface area contributed by atoms with Crippen LogP contribution in [0.25, 0.3) is 0 Å². The zero-order chi connectivity index (χ0) is 25.8. The van der Waals surface area contributed by atoms with Gasteiger partial charge < -0.3 is 19.5 Å². The van der Waals surface area contributed by atoms with Crippen molar-refractivity contribution in [3.05, 3.63) is 69.8 Å². The van der Waals surface area contributed by atoms with Gasteiger partial charge in [0.2, 0.25) is 5.88 Å². The van der Waals surface area contributed by atoms with Gasteiger partial charge in [-0.2, -0.15) is 13.2 Å². The highest BCUT2D eigenvalue weighted by Gasteiger charge is 2.31. The van der Waals surface area contributed by atoms with Crippen molar-refractivity contribution in [3.63, 3.8) is 0 Å². The van der Waals surface area contributed by atoms with Crippen LogP contribution in [0.5, 0.6) is 23.1 Å². The number of urea groups is 1. The Bertz CT molecular complexity index is 1250. The predicted octanol–water partition coefficient (Wildman–Crippen LogP) is 6.18. The van der Waals surface area contributed by atoms with Crippen molar-refractivity contribution in [2.45, 2.75) is 6.18 Å². The largest absolute Gasteiger partial charge is 0.496 e. The second-order valence-corrected chi connectivity index (χ2v) is 7.52. The summed E-state index contributed by atoms with van der Waals surface area (Å²) >= 11 is 12.0. The van der Waals surface area contributed by atoms with Gasteiger partial charge in [0.25, 0.3) is 5.91 Å². The fourth-order valence-electron chi connectivity index (χ4n) is 2.83. The first-order valence-electron chi connectivity index (χ1n) is 9.57. The van der Waals surface area contributed by atoms with E-state index in [2.05, 4.69) is 15.6 Å². The highest BCUT2D eigenvalue weighted by Crippen LogP contribution is 2.38. The van der Waals surface area contributed by atoms with Gasteiger partial charge in [-0.3, -0.25) is 10.1 Å². The third kappa shape index (κ3) is 6.25. The fraction of sp³-hybridized carbons (Fsp3) is 0.136. The minimum atomic E-state index is -4.60. The Morgan fingerprint density at radius 3 is 2.17 bits per heavy atom. The van der Waals surface area contributed by atoms with Gasteiger partial charge in [0, 0.05) is 0 Å². The average Bonchev–Trinajstić information content (AvgIpc) is 2.80. The number of halogens is 5. The molecular formula is C22H16Cl2F3N3O5. The molecule has 2 N–H and O–H groups in total. The van der Waals surface area contributed by atoms with E-state index >= 15 is 0 Å². The van der Waals surface area contributed by atoms with Gasteiger partial charge in [-0.15, -0.1) is 0 Å². The van der Waals surface area contributed by atoms with Crippen LogP contribution in [0.2, 0.25) is 10.0 Å². The first kappa shape index (κ1) is 25.9. The summed E-state index contributed by atoms with van der Waals surface area (Å²) in [5.41, 5.74) is -0.903. The zero-order valence-electron chi connectivity index (χ0n) is 18.0. The number of hydrogen-bond acceptors (Lipinski definition) is 6. The van der Waals surface area contributed by atoms with E-state index in [9.17, 15) is 22.8 Å². The molecule has 0 unspecified atom stereocenters. The Morgan fingerprint density at radius 1 is 0.943 bits per heavy atom. The number of carbonyl (C=O) groups excluding carboxylic acids is 2. The number of imide groups is 1. The number of alkyl halides is 3. The highest BCUT2D eigenvalue weighted by molar-refractivity contribution is 6.33. The topological polar surface area (TPSA) is 98.8 Å². The van der Waals surface area contributed by atoms with Crippen molar-refractivity contribution in [2.24, 2.45) is 0 Å². The van der Waals surface area contributed by atoms with E-state index in [1.807, 2.05) is 0 Å². The molecule has 1 aromatic heterocycles. The number of hydrogen-bond donors (Lipinski definition) is 2. The molecule has 3 rings (SSSR count). The molecule has 184 valence electrons. The van der Waals surface area contributed by atoms with E-state index in [1.165, 1.54) is 32.4 Å². The van der Waals surface area contributed by atoms with Crippen LogP contribution in [0.1, 0.15) is 15.9 Å². The molecule has 0 atom stereocenters.